The van der Waals surface area contributed by atoms with E-state index in [9.17, 15) is 4.79 Å². The molecule has 0 atom stereocenters. The third-order valence-electron chi connectivity index (χ3n) is 1.81. The van der Waals surface area contributed by atoms with Crippen LogP contribution in [0.15, 0.2) is 18.2 Å². The fraction of sp³-hybridized carbons (Fsp3) is 0. The molecule has 0 saturated heterocycles. The average Bonchev–Trinajstić information content (AvgIpc) is 2.48. The molecule has 4 heteroatoms. The molecule has 2 rings (SSSR count). The molecule has 0 aliphatic rings. The molecule has 0 aliphatic heterocycles. The molecule has 0 fully saturated rings. The summed E-state index contributed by atoms with van der Waals surface area (Å²) in [6.45, 7) is 0. The van der Waals surface area contributed by atoms with E-state index in [-0.39, 0.29) is 0 Å². The van der Waals surface area contributed by atoms with Crippen molar-refractivity contribution >= 4 is 62.4 Å². The largest absolute Gasteiger partial charge is 0.352 e. The summed E-state index contributed by atoms with van der Waals surface area (Å²) < 4.78 is 2.41. The Morgan fingerprint density at radius 2 is 1.85 bits per heavy atom. The van der Waals surface area contributed by atoms with Crippen LogP contribution in [-0.4, -0.2) is 11.3 Å². The lowest BCUT2D eigenvalue weighted by molar-refractivity contribution is 0.112. The third kappa shape index (κ3) is 1.74. The minimum atomic E-state index is 0.632. The molecule has 0 amide bonds. The number of aldehydes is 1. The Labute approximate surface area is 102 Å². The summed E-state index contributed by atoms with van der Waals surface area (Å²) >= 11 is 4.56. The Bertz CT molecular complexity index is 437. The standard InChI is InChI=1S/C9H5I2NO/c10-7-2-5-1-6(4-13)12-9(5)3-8(7)11/h1-4,12H. The first-order chi connectivity index (χ1) is 6.20. The van der Waals surface area contributed by atoms with E-state index >= 15 is 0 Å². The predicted molar refractivity (Wildman–Crippen MR) is 69.1 cm³/mol. The van der Waals surface area contributed by atoms with Gasteiger partial charge in [-0.15, -0.1) is 0 Å². The zero-order chi connectivity index (χ0) is 9.42. The summed E-state index contributed by atoms with van der Waals surface area (Å²) in [4.78, 5) is 13.5. The van der Waals surface area contributed by atoms with Gasteiger partial charge >= 0.3 is 0 Å². The Kier molecular flexibility index (Phi) is 2.59. The lowest BCUT2D eigenvalue weighted by Gasteiger charge is -1.95. The molecule has 13 heavy (non-hydrogen) atoms. The van der Waals surface area contributed by atoms with Crippen LogP contribution in [0.25, 0.3) is 10.9 Å². The van der Waals surface area contributed by atoms with Crippen LogP contribution in [-0.2, 0) is 0 Å². The molecule has 66 valence electrons. The molecule has 2 aromatic rings. The van der Waals surface area contributed by atoms with Crippen molar-refractivity contribution in [1.82, 2.24) is 4.98 Å². The molecular formula is C9H5I2NO. The number of hydrogen-bond donors (Lipinski definition) is 1. The average molecular weight is 397 g/mol. The number of carbonyl (C=O) groups excluding carboxylic acids is 1. The van der Waals surface area contributed by atoms with Crippen LogP contribution >= 0.6 is 45.2 Å². The van der Waals surface area contributed by atoms with E-state index in [0.29, 0.717) is 5.69 Å². The van der Waals surface area contributed by atoms with Crippen LogP contribution in [0.5, 0.6) is 0 Å². The van der Waals surface area contributed by atoms with Crippen molar-refractivity contribution < 1.29 is 4.79 Å². The highest BCUT2D eigenvalue weighted by molar-refractivity contribution is 14.1. The first-order valence-electron chi connectivity index (χ1n) is 3.63. The predicted octanol–water partition coefficient (Wildman–Crippen LogP) is 3.19. The highest BCUT2D eigenvalue weighted by atomic mass is 127. The smallest absolute Gasteiger partial charge is 0.166 e. The van der Waals surface area contributed by atoms with Crippen LogP contribution in [0, 0.1) is 7.14 Å². The van der Waals surface area contributed by atoms with Gasteiger partial charge < -0.3 is 4.98 Å². The van der Waals surface area contributed by atoms with E-state index in [1.807, 2.05) is 12.1 Å². The second-order valence-corrected chi connectivity index (χ2v) is 5.02. The second-order valence-electron chi connectivity index (χ2n) is 2.70. The molecule has 1 aromatic carbocycles. The monoisotopic (exact) mass is 397 g/mol. The van der Waals surface area contributed by atoms with E-state index in [0.717, 1.165) is 17.2 Å². The molecule has 1 N–H and O–H groups in total. The van der Waals surface area contributed by atoms with Crippen molar-refractivity contribution in [3.05, 3.63) is 31.0 Å². The SMILES string of the molecule is O=Cc1cc2cc(I)c(I)cc2[nH]1. The second kappa shape index (κ2) is 3.56. The van der Waals surface area contributed by atoms with Crippen LogP contribution in [0.1, 0.15) is 10.5 Å². The van der Waals surface area contributed by atoms with Gasteiger partial charge in [-0.3, -0.25) is 4.79 Å². The van der Waals surface area contributed by atoms with Gasteiger partial charge in [0.25, 0.3) is 0 Å². The van der Waals surface area contributed by atoms with E-state index in [1.165, 1.54) is 7.14 Å². The molecule has 0 bridgehead atoms. The normalized spacial score (nSPS) is 10.6. The quantitative estimate of drug-likeness (QED) is 0.582. The fourth-order valence-electron chi connectivity index (χ4n) is 1.21. The lowest BCUT2D eigenvalue weighted by Crippen LogP contribution is -1.78. The van der Waals surface area contributed by atoms with Crippen molar-refractivity contribution in [2.75, 3.05) is 0 Å². The molecule has 0 spiro atoms. The molecule has 0 unspecified atom stereocenters. The third-order valence-corrected chi connectivity index (χ3v) is 4.63. The van der Waals surface area contributed by atoms with Crippen LogP contribution in [0.3, 0.4) is 0 Å². The maximum atomic E-state index is 10.5. The van der Waals surface area contributed by atoms with Gasteiger partial charge in [-0.2, -0.15) is 0 Å². The van der Waals surface area contributed by atoms with Gasteiger partial charge in [-0.05, 0) is 63.4 Å². The van der Waals surface area contributed by atoms with Gasteiger partial charge in [0.1, 0.15) is 0 Å². The zero-order valence-electron chi connectivity index (χ0n) is 6.47. The number of benzene rings is 1. The molecule has 0 aliphatic carbocycles. The summed E-state index contributed by atoms with van der Waals surface area (Å²) in [6.07, 6.45) is 0.833. The Morgan fingerprint density at radius 3 is 2.54 bits per heavy atom. The van der Waals surface area contributed by atoms with E-state index in [4.69, 9.17) is 0 Å². The van der Waals surface area contributed by atoms with Crippen molar-refractivity contribution in [3.63, 3.8) is 0 Å². The number of carbonyl (C=O) groups is 1. The van der Waals surface area contributed by atoms with Gasteiger partial charge in [0.05, 0.1) is 5.69 Å². The summed E-state index contributed by atoms with van der Waals surface area (Å²) in [5.41, 5.74) is 1.65. The van der Waals surface area contributed by atoms with Crippen LogP contribution in [0.2, 0.25) is 0 Å². The molecule has 0 saturated carbocycles. The maximum Gasteiger partial charge on any atom is 0.166 e. The molecule has 2 nitrogen and oxygen atoms in total. The maximum absolute atomic E-state index is 10.5. The van der Waals surface area contributed by atoms with Gasteiger partial charge in [-0.25, -0.2) is 0 Å². The van der Waals surface area contributed by atoms with Crippen molar-refractivity contribution in [2.45, 2.75) is 0 Å². The van der Waals surface area contributed by atoms with Gasteiger partial charge in [0.2, 0.25) is 0 Å². The van der Waals surface area contributed by atoms with Crippen molar-refractivity contribution in [1.29, 1.82) is 0 Å². The number of aromatic nitrogens is 1. The first-order valence-corrected chi connectivity index (χ1v) is 5.79. The minimum Gasteiger partial charge on any atom is -0.352 e. The van der Waals surface area contributed by atoms with Crippen LogP contribution < -0.4 is 0 Å². The molecular weight excluding hydrogens is 392 g/mol. The van der Waals surface area contributed by atoms with Gasteiger partial charge in [0.15, 0.2) is 6.29 Å². The van der Waals surface area contributed by atoms with E-state index in [1.54, 1.807) is 0 Å². The number of nitrogens with one attached hydrogen (secondary N) is 1. The van der Waals surface area contributed by atoms with E-state index < -0.39 is 0 Å². The summed E-state index contributed by atoms with van der Waals surface area (Å²) in [7, 11) is 0. The Hall–Kier alpha value is -0.110. The number of halogens is 2. The summed E-state index contributed by atoms with van der Waals surface area (Å²) in [6, 6.07) is 5.98. The van der Waals surface area contributed by atoms with Gasteiger partial charge in [0, 0.05) is 18.0 Å². The van der Waals surface area contributed by atoms with E-state index in [2.05, 4.69) is 56.2 Å². The lowest BCUT2D eigenvalue weighted by atomic mass is 10.2. The highest BCUT2D eigenvalue weighted by Gasteiger charge is 2.03. The van der Waals surface area contributed by atoms with Crippen molar-refractivity contribution in [2.24, 2.45) is 0 Å². The number of aromatic amines is 1. The number of rotatable bonds is 1. The highest BCUT2D eigenvalue weighted by Crippen LogP contribution is 2.22. The van der Waals surface area contributed by atoms with Gasteiger partial charge in [-0.1, -0.05) is 0 Å². The Balaban J connectivity index is 2.77. The topological polar surface area (TPSA) is 32.9 Å². The van der Waals surface area contributed by atoms with Crippen molar-refractivity contribution in [3.8, 4) is 0 Å². The molecule has 0 radical (unpaired) electrons. The molecule has 1 heterocycles. The number of H-pyrrole nitrogens is 1. The number of hydrogen-bond acceptors (Lipinski definition) is 1. The molecule has 1 aromatic heterocycles. The Morgan fingerprint density at radius 1 is 1.15 bits per heavy atom. The summed E-state index contributed by atoms with van der Waals surface area (Å²) in [5, 5.41) is 1.09. The van der Waals surface area contributed by atoms with Crippen LogP contribution in [0.4, 0.5) is 0 Å². The fourth-order valence-corrected chi connectivity index (χ4v) is 2.17. The summed E-state index contributed by atoms with van der Waals surface area (Å²) in [5.74, 6) is 0. The first kappa shape index (κ1) is 9.45. The minimum absolute atomic E-state index is 0.632. The number of fused-ring (bicyclic) bond motifs is 1. The zero-order valence-corrected chi connectivity index (χ0v) is 10.8.